The van der Waals surface area contributed by atoms with E-state index in [-0.39, 0.29) is 5.75 Å². The van der Waals surface area contributed by atoms with E-state index in [2.05, 4.69) is 21.1 Å². The van der Waals surface area contributed by atoms with E-state index in [1.807, 2.05) is 0 Å². The minimum Gasteiger partial charge on any atom is -0.508 e. The molecular weight excluding hydrogens is 225 g/mol. The molecule has 1 aromatic rings. The fourth-order valence-corrected chi connectivity index (χ4v) is 1.98. The molecule has 0 aliphatic heterocycles. The van der Waals surface area contributed by atoms with Gasteiger partial charge in [-0.15, -0.1) is 0 Å². The van der Waals surface area contributed by atoms with Crippen molar-refractivity contribution in [1.82, 2.24) is 0 Å². The Kier molecular flexibility index (Phi) is 4.54. The first-order valence-electron chi connectivity index (χ1n) is 5.15. The molecule has 0 aliphatic carbocycles. The zero-order valence-electron chi connectivity index (χ0n) is 9.93. The second kappa shape index (κ2) is 5.48. The first kappa shape index (κ1) is 13.2. The van der Waals surface area contributed by atoms with Crippen molar-refractivity contribution in [3.8, 4) is 5.75 Å². The highest BCUT2D eigenvalue weighted by atomic mass is 31.1. The van der Waals surface area contributed by atoms with Crippen LogP contribution >= 0.6 is 8.03 Å². The smallest absolute Gasteiger partial charge is 0.220 e. The van der Waals surface area contributed by atoms with Crippen LogP contribution in [0.3, 0.4) is 0 Å². The van der Waals surface area contributed by atoms with E-state index in [1.165, 1.54) is 12.1 Å². The minimum absolute atomic E-state index is 0.171. The largest absolute Gasteiger partial charge is 0.508 e. The molecule has 1 N–H and O–H groups in total. The first-order chi connectivity index (χ1) is 7.38. The van der Waals surface area contributed by atoms with Gasteiger partial charge < -0.3 is 14.1 Å². The lowest BCUT2D eigenvalue weighted by molar-refractivity contribution is -0.870. The summed E-state index contributed by atoms with van der Waals surface area (Å²) in [6, 6.07) is 6.29. The molecule has 0 saturated heterocycles. The molecule has 0 spiro atoms. The number of nitrogens with zero attached hydrogens (tertiary/aromatic N) is 1. The first-order valence-corrected chi connectivity index (χ1v) is 6.47. The summed E-state index contributed by atoms with van der Waals surface area (Å²) in [6.45, 7) is 1.29. The fourth-order valence-electron chi connectivity index (χ4n) is 1.09. The van der Waals surface area contributed by atoms with Crippen LogP contribution in [0.1, 0.15) is 0 Å². The van der Waals surface area contributed by atoms with E-state index >= 15 is 0 Å². The summed E-state index contributed by atoms with van der Waals surface area (Å²) < 4.78 is 17.8. The summed E-state index contributed by atoms with van der Waals surface area (Å²) in [5.74, 6) is 0.171. The molecule has 0 radical (unpaired) electrons. The molecule has 1 unspecified atom stereocenters. The Morgan fingerprint density at radius 1 is 1.25 bits per heavy atom. The molecule has 0 amide bonds. The predicted molar refractivity (Wildman–Crippen MR) is 65.6 cm³/mol. The Hall–Kier alpha value is -0.830. The highest BCUT2D eigenvalue weighted by molar-refractivity contribution is 7.48. The van der Waals surface area contributed by atoms with Crippen LogP contribution in [-0.2, 0) is 9.09 Å². The number of benzene rings is 1. The molecule has 0 aliphatic rings. The topological polar surface area (TPSA) is 46.5 Å². The fraction of sp³-hybridized carbons (Fsp3) is 0.455. The molecule has 0 bridgehead atoms. The molecule has 1 aromatic carbocycles. The highest BCUT2D eigenvalue weighted by Crippen LogP contribution is 2.22. The average molecular weight is 244 g/mol. The molecule has 0 aromatic heterocycles. The third-order valence-corrected chi connectivity index (χ3v) is 3.37. The molecule has 0 heterocycles. The Morgan fingerprint density at radius 3 is 2.31 bits per heavy atom. The minimum atomic E-state index is -2.18. The highest BCUT2D eigenvalue weighted by Gasteiger charge is 2.09. The quantitative estimate of drug-likeness (QED) is 0.625. The molecule has 90 valence electrons. The van der Waals surface area contributed by atoms with Gasteiger partial charge in [0, 0.05) is 5.30 Å². The van der Waals surface area contributed by atoms with Crippen molar-refractivity contribution in [2.75, 3.05) is 34.3 Å². The van der Waals surface area contributed by atoms with Gasteiger partial charge in [-0.3, -0.25) is 4.57 Å². The van der Waals surface area contributed by atoms with Crippen LogP contribution in [0.4, 0.5) is 0 Å². The molecule has 1 rings (SSSR count). The van der Waals surface area contributed by atoms with E-state index in [0.717, 1.165) is 11.0 Å². The zero-order valence-corrected chi connectivity index (χ0v) is 10.9. The van der Waals surface area contributed by atoms with Crippen LogP contribution in [0.25, 0.3) is 0 Å². The van der Waals surface area contributed by atoms with Gasteiger partial charge in [0.1, 0.15) is 18.9 Å². The third-order valence-electron chi connectivity index (χ3n) is 2.10. The second-order valence-corrected chi connectivity index (χ2v) is 6.14. The van der Waals surface area contributed by atoms with Gasteiger partial charge in [-0.05, 0) is 24.3 Å². The van der Waals surface area contributed by atoms with E-state index in [9.17, 15) is 4.57 Å². The van der Waals surface area contributed by atoms with Gasteiger partial charge in [0.05, 0.1) is 21.1 Å². The Balaban J connectivity index is 2.44. The van der Waals surface area contributed by atoms with Crippen molar-refractivity contribution < 1.29 is 18.7 Å². The zero-order chi connectivity index (χ0) is 12.2. The number of hydrogen-bond donors (Lipinski definition) is 1. The number of aromatic hydroxyl groups is 1. The van der Waals surface area contributed by atoms with Crippen LogP contribution in [0, 0.1) is 0 Å². The van der Waals surface area contributed by atoms with Crippen LogP contribution in [-0.4, -0.2) is 43.9 Å². The maximum absolute atomic E-state index is 11.7. The summed E-state index contributed by atoms with van der Waals surface area (Å²) in [5, 5.41) is 9.73. The van der Waals surface area contributed by atoms with Gasteiger partial charge in [0.15, 0.2) is 0 Å². The van der Waals surface area contributed by atoms with Crippen molar-refractivity contribution in [2.45, 2.75) is 0 Å². The lowest BCUT2D eigenvalue weighted by Crippen LogP contribution is -2.37. The molecule has 4 nitrogen and oxygen atoms in total. The van der Waals surface area contributed by atoms with E-state index in [0.29, 0.717) is 11.9 Å². The Morgan fingerprint density at radius 2 is 1.81 bits per heavy atom. The summed E-state index contributed by atoms with van der Waals surface area (Å²) >= 11 is 0. The molecule has 0 fully saturated rings. The standard InChI is InChI=1S/C11H18NO3P/c1-12(2,3)8-9-15-16(14)11-6-4-10(13)5-7-11/h4-7,16H,8-9H2,1-3H3/p+1. The van der Waals surface area contributed by atoms with Gasteiger partial charge >= 0.3 is 0 Å². The van der Waals surface area contributed by atoms with Gasteiger partial charge in [0.25, 0.3) is 0 Å². The van der Waals surface area contributed by atoms with Crippen molar-refractivity contribution >= 4 is 13.3 Å². The number of phenolic OH excluding ortho intramolecular Hbond substituents is 1. The summed E-state index contributed by atoms with van der Waals surface area (Å²) in [7, 11) is 3.99. The third kappa shape index (κ3) is 4.79. The molecule has 5 heteroatoms. The van der Waals surface area contributed by atoms with E-state index < -0.39 is 8.03 Å². The average Bonchev–Trinajstić information content (AvgIpc) is 2.16. The number of hydrogen-bond acceptors (Lipinski definition) is 3. The van der Waals surface area contributed by atoms with Crippen LogP contribution in [0.15, 0.2) is 24.3 Å². The maximum atomic E-state index is 11.7. The Bertz CT molecular complexity index is 356. The van der Waals surface area contributed by atoms with Crippen molar-refractivity contribution in [3.63, 3.8) is 0 Å². The van der Waals surface area contributed by atoms with Crippen LogP contribution < -0.4 is 5.30 Å². The molecule has 1 atom stereocenters. The predicted octanol–water partition coefficient (Wildman–Crippen LogP) is 1.21. The van der Waals surface area contributed by atoms with Gasteiger partial charge in [-0.1, -0.05) is 0 Å². The number of rotatable bonds is 5. The Labute approximate surface area is 96.9 Å². The summed E-state index contributed by atoms with van der Waals surface area (Å²) in [4.78, 5) is 0. The lowest BCUT2D eigenvalue weighted by atomic mass is 10.3. The number of likely N-dealkylation sites (N-methyl/N-ethyl adjacent to an activating group) is 1. The monoisotopic (exact) mass is 244 g/mol. The normalized spacial score (nSPS) is 13.7. The van der Waals surface area contributed by atoms with Gasteiger partial charge in [-0.25, -0.2) is 0 Å². The maximum Gasteiger partial charge on any atom is 0.220 e. The molecular formula is C11H19NO3P+. The van der Waals surface area contributed by atoms with Crippen molar-refractivity contribution in [3.05, 3.63) is 24.3 Å². The van der Waals surface area contributed by atoms with Crippen LogP contribution in [0.5, 0.6) is 5.75 Å². The molecule has 0 saturated carbocycles. The van der Waals surface area contributed by atoms with Gasteiger partial charge in [-0.2, -0.15) is 0 Å². The van der Waals surface area contributed by atoms with Crippen molar-refractivity contribution in [2.24, 2.45) is 0 Å². The number of quaternary nitrogens is 1. The number of phenols is 1. The van der Waals surface area contributed by atoms with E-state index in [4.69, 9.17) is 9.63 Å². The summed E-state index contributed by atoms with van der Waals surface area (Å²) in [6.07, 6.45) is 0. The summed E-state index contributed by atoms with van der Waals surface area (Å²) in [5.41, 5.74) is 0. The van der Waals surface area contributed by atoms with Gasteiger partial charge in [0.2, 0.25) is 8.03 Å². The van der Waals surface area contributed by atoms with Crippen LogP contribution in [0.2, 0.25) is 0 Å². The second-order valence-electron chi connectivity index (χ2n) is 4.70. The lowest BCUT2D eigenvalue weighted by Gasteiger charge is -2.23. The van der Waals surface area contributed by atoms with E-state index in [1.54, 1.807) is 12.1 Å². The van der Waals surface area contributed by atoms with Crippen molar-refractivity contribution in [1.29, 1.82) is 0 Å². The SMILES string of the molecule is C[N+](C)(C)CCO[PH](=O)c1ccc(O)cc1. The molecule has 16 heavy (non-hydrogen) atoms.